The molecule has 0 aromatic carbocycles. The fraction of sp³-hybridized carbons (Fsp3) is 0.929. The molecule has 5 nitrogen and oxygen atoms in total. The molecule has 19 heavy (non-hydrogen) atoms. The molecule has 1 fully saturated rings. The van der Waals surface area contributed by atoms with Crippen molar-refractivity contribution in [2.45, 2.75) is 52.2 Å². The van der Waals surface area contributed by atoms with Crippen LogP contribution in [0.2, 0.25) is 0 Å². The van der Waals surface area contributed by atoms with Crippen molar-refractivity contribution in [1.29, 1.82) is 0 Å². The van der Waals surface area contributed by atoms with Gasteiger partial charge in [-0.1, -0.05) is 6.92 Å². The van der Waals surface area contributed by atoms with Gasteiger partial charge in [0.2, 0.25) is 0 Å². The first kappa shape index (κ1) is 16.2. The lowest BCUT2D eigenvalue weighted by Gasteiger charge is -2.28. The van der Waals surface area contributed by atoms with E-state index in [1.807, 2.05) is 6.92 Å². The summed E-state index contributed by atoms with van der Waals surface area (Å²) in [6.45, 7) is 8.03. The zero-order chi connectivity index (χ0) is 14.3. The minimum atomic E-state index is -0.318. The van der Waals surface area contributed by atoms with Crippen molar-refractivity contribution in [3.05, 3.63) is 0 Å². The van der Waals surface area contributed by atoms with Crippen molar-refractivity contribution in [3.8, 4) is 0 Å². The summed E-state index contributed by atoms with van der Waals surface area (Å²) in [5.74, 6) is 0.790. The van der Waals surface area contributed by atoms with Gasteiger partial charge in [-0.25, -0.2) is 4.79 Å². The Labute approximate surface area is 116 Å². The summed E-state index contributed by atoms with van der Waals surface area (Å²) in [5, 5.41) is 15.1. The highest BCUT2D eigenvalue weighted by Crippen LogP contribution is 2.18. The molecule has 1 saturated heterocycles. The second-order valence-corrected chi connectivity index (χ2v) is 5.78. The third-order valence-corrected chi connectivity index (χ3v) is 3.69. The molecule has 3 unspecified atom stereocenters. The molecule has 0 saturated carbocycles. The molecule has 5 heteroatoms. The van der Waals surface area contributed by atoms with Crippen molar-refractivity contribution in [2.24, 2.45) is 11.8 Å². The summed E-state index contributed by atoms with van der Waals surface area (Å²) in [6.07, 6.45) is 2.41. The molecule has 2 amide bonds. The second-order valence-electron chi connectivity index (χ2n) is 5.78. The molecule has 112 valence electrons. The first-order chi connectivity index (χ1) is 8.99. The Bertz CT molecular complexity index is 265. The number of carbonyl (C=O) groups excluding carboxylic acids is 1. The number of hydrogen-bond acceptors (Lipinski definition) is 3. The van der Waals surface area contributed by atoms with Gasteiger partial charge in [-0.05, 0) is 44.9 Å². The Kier molecular flexibility index (Phi) is 7.16. The lowest BCUT2D eigenvalue weighted by atomic mass is 9.93. The summed E-state index contributed by atoms with van der Waals surface area (Å²) in [7, 11) is 0. The Morgan fingerprint density at radius 2 is 1.95 bits per heavy atom. The fourth-order valence-corrected chi connectivity index (χ4v) is 2.52. The van der Waals surface area contributed by atoms with E-state index in [9.17, 15) is 9.90 Å². The van der Waals surface area contributed by atoms with E-state index in [-0.39, 0.29) is 24.1 Å². The van der Waals surface area contributed by atoms with E-state index in [1.165, 1.54) is 0 Å². The molecule has 1 aliphatic heterocycles. The van der Waals surface area contributed by atoms with Crippen LogP contribution in [0.15, 0.2) is 0 Å². The van der Waals surface area contributed by atoms with E-state index in [0.29, 0.717) is 18.9 Å². The van der Waals surface area contributed by atoms with E-state index in [0.717, 1.165) is 26.1 Å². The van der Waals surface area contributed by atoms with Crippen molar-refractivity contribution in [2.75, 3.05) is 19.8 Å². The standard InChI is InChI=1S/C14H28N2O3/c1-10(8-11(2)17)9-15-14(18)16-12(3)13-4-6-19-7-5-13/h10-13,17H,4-9H2,1-3H3,(H2,15,16,18). The lowest BCUT2D eigenvalue weighted by molar-refractivity contribution is 0.0570. The maximum Gasteiger partial charge on any atom is 0.315 e. The van der Waals surface area contributed by atoms with Gasteiger partial charge in [-0.3, -0.25) is 0 Å². The largest absolute Gasteiger partial charge is 0.393 e. The van der Waals surface area contributed by atoms with E-state index in [2.05, 4.69) is 17.6 Å². The SMILES string of the molecule is CC(O)CC(C)CNC(=O)NC(C)C1CCOCC1. The first-order valence-corrected chi connectivity index (χ1v) is 7.29. The summed E-state index contributed by atoms with van der Waals surface area (Å²) in [4.78, 5) is 11.8. The van der Waals surface area contributed by atoms with E-state index >= 15 is 0 Å². The van der Waals surface area contributed by atoms with Gasteiger partial charge in [0.25, 0.3) is 0 Å². The van der Waals surface area contributed by atoms with Gasteiger partial charge >= 0.3 is 6.03 Å². The zero-order valence-corrected chi connectivity index (χ0v) is 12.3. The molecular weight excluding hydrogens is 244 g/mol. The highest BCUT2D eigenvalue weighted by molar-refractivity contribution is 5.74. The quantitative estimate of drug-likeness (QED) is 0.686. The molecular formula is C14H28N2O3. The van der Waals surface area contributed by atoms with Crippen molar-refractivity contribution >= 4 is 6.03 Å². The molecule has 1 heterocycles. The Morgan fingerprint density at radius 3 is 2.53 bits per heavy atom. The minimum Gasteiger partial charge on any atom is -0.393 e. The van der Waals surface area contributed by atoms with Gasteiger partial charge in [-0.15, -0.1) is 0 Å². The Morgan fingerprint density at radius 1 is 1.32 bits per heavy atom. The molecule has 0 aromatic heterocycles. The number of urea groups is 1. The van der Waals surface area contributed by atoms with Gasteiger partial charge in [0.05, 0.1) is 6.10 Å². The number of aliphatic hydroxyl groups is 1. The third kappa shape index (κ3) is 6.78. The number of nitrogens with one attached hydrogen (secondary N) is 2. The molecule has 3 atom stereocenters. The molecule has 1 aliphatic rings. The van der Waals surface area contributed by atoms with E-state index < -0.39 is 0 Å². The third-order valence-electron chi connectivity index (χ3n) is 3.69. The summed E-state index contributed by atoms with van der Waals surface area (Å²) in [6, 6.07) is 0.0624. The molecule has 0 aliphatic carbocycles. The predicted octanol–water partition coefficient (Wildman–Crippen LogP) is 1.51. The summed E-state index contributed by atoms with van der Waals surface area (Å²) >= 11 is 0. The van der Waals surface area contributed by atoms with Crippen LogP contribution in [-0.4, -0.2) is 43.0 Å². The number of hydrogen-bond donors (Lipinski definition) is 3. The highest BCUT2D eigenvalue weighted by atomic mass is 16.5. The van der Waals surface area contributed by atoms with Gasteiger partial charge in [0.15, 0.2) is 0 Å². The van der Waals surface area contributed by atoms with Crippen LogP contribution >= 0.6 is 0 Å². The van der Waals surface area contributed by atoms with Crippen LogP contribution in [0, 0.1) is 11.8 Å². The predicted molar refractivity (Wildman–Crippen MR) is 75.0 cm³/mol. The topological polar surface area (TPSA) is 70.6 Å². The van der Waals surface area contributed by atoms with Crippen LogP contribution in [0.5, 0.6) is 0 Å². The normalized spacial score (nSPS) is 21.5. The summed E-state index contributed by atoms with van der Waals surface area (Å²) in [5.41, 5.74) is 0. The average Bonchev–Trinajstić information content (AvgIpc) is 2.36. The van der Waals surface area contributed by atoms with Crippen LogP contribution in [-0.2, 0) is 4.74 Å². The number of aliphatic hydroxyl groups excluding tert-OH is 1. The van der Waals surface area contributed by atoms with Gasteiger partial charge in [0.1, 0.15) is 0 Å². The van der Waals surface area contributed by atoms with Crippen molar-refractivity contribution in [3.63, 3.8) is 0 Å². The fourth-order valence-electron chi connectivity index (χ4n) is 2.52. The smallest absolute Gasteiger partial charge is 0.315 e. The van der Waals surface area contributed by atoms with Crippen LogP contribution in [0.4, 0.5) is 4.79 Å². The number of ether oxygens (including phenoxy) is 1. The molecule has 0 aromatic rings. The maximum absolute atomic E-state index is 11.8. The maximum atomic E-state index is 11.8. The molecule has 1 rings (SSSR count). The summed E-state index contributed by atoms with van der Waals surface area (Å²) < 4.78 is 5.32. The van der Waals surface area contributed by atoms with Crippen molar-refractivity contribution in [1.82, 2.24) is 10.6 Å². The van der Waals surface area contributed by atoms with Crippen LogP contribution < -0.4 is 10.6 Å². The molecule has 3 N–H and O–H groups in total. The Balaban J connectivity index is 2.19. The minimum absolute atomic E-state index is 0.114. The lowest BCUT2D eigenvalue weighted by Crippen LogP contribution is -2.46. The number of amides is 2. The van der Waals surface area contributed by atoms with Crippen molar-refractivity contribution < 1.29 is 14.6 Å². The van der Waals surface area contributed by atoms with Gasteiger partial charge < -0.3 is 20.5 Å². The molecule has 0 spiro atoms. The number of carbonyl (C=O) groups is 1. The van der Waals surface area contributed by atoms with E-state index in [1.54, 1.807) is 6.92 Å². The van der Waals surface area contributed by atoms with Crippen LogP contribution in [0.1, 0.15) is 40.0 Å². The number of rotatable bonds is 6. The first-order valence-electron chi connectivity index (χ1n) is 7.29. The monoisotopic (exact) mass is 272 g/mol. The zero-order valence-electron chi connectivity index (χ0n) is 12.3. The molecule has 0 radical (unpaired) electrons. The average molecular weight is 272 g/mol. The van der Waals surface area contributed by atoms with Crippen LogP contribution in [0.25, 0.3) is 0 Å². The van der Waals surface area contributed by atoms with Gasteiger partial charge in [-0.2, -0.15) is 0 Å². The van der Waals surface area contributed by atoms with Gasteiger partial charge in [0, 0.05) is 25.8 Å². The second kappa shape index (κ2) is 8.38. The Hall–Kier alpha value is -0.810. The van der Waals surface area contributed by atoms with E-state index in [4.69, 9.17) is 4.74 Å². The highest BCUT2D eigenvalue weighted by Gasteiger charge is 2.21. The van der Waals surface area contributed by atoms with Crippen LogP contribution in [0.3, 0.4) is 0 Å². The molecule has 0 bridgehead atoms.